The molecule has 0 aromatic carbocycles. The van der Waals surface area contributed by atoms with E-state index in [4.69, 9.17) is 29.4 Å². The molecule has 0 unspecified atom stereocenters. The lowest BCUT2D eigenvalue weighted by Crippen LogP contribution is -2.62. The van der Waals surface area contributed by atoms with Gasteiger partial charge in [-0.3, -0.25) is 14.4 Å². The Bertz CT molecular complexity index is 1840. The second kappa shape index (κ2) is 30.9. The summed E-state index contributed by atoms with van der Waals surface area (Å²) in [7, 11) is 0. The van der Waals surface area contributed by atoms with Gasteiger partial charge in [-0.1, -0.05) is 98.9 Å². The zero-order chi connectivity index (χ0) is 52.8. The molecule has 402 valence electrons. The van der Waals surface area contributed by atoms with Crippen molar-refractivity contribution in [3.8, 4) is 0 Å². The number of rotatable bonds is 6. The van der Waals surface area contributed by atoms with Crippen molar-refractivity contribution in [2.75, 3.05) is 13.2 Å². The van der Waals surface area contributed by atoms with Gasteiger partial charge in [0.2, 0.25) is 5.91 Å². The van der Waals surface area contributed by atoms with Crippen LogP contribution in [0.1, 0.15) is 86.0 Å². The van der Waals surface area contributed by atoms with Gasteiger partial charge in [-0.15, -0.1) is 0 Å². The lowest BCUT2D eigenvalue weighted by atomic mass is 9.82. The number of hydrogen-bond donors (Lipinski definition) is 12. The van der Waals surface area contributed by atoms with Crippen molar-refractivity contribution >= 4 is 17.8 Å². The average Bonchev–Trinajstić information content (AvgIpc) is 3.29. The van der Waals surface area contributed by atoms with Crippen LogP contribution < -0.4 is 11.1 Å². The SMILES string of the molecule is CCOC(=O)CNC(=O)[C@H]1[C@@H]2C[C@@H](O[C@@H]3O[C@H](C)[C@@H](O)[C@H](N)[C@@H]3O)/C=C/C=C/C=C/C=C/C=C/C=C/C=C/[C@H](C)[C@@H](O)[C@@H](C)[C@H](C)OC(=O)C[C@H](O)C[C@H](O)CC[C@@H](O)[C@H](O)C[C@H](O)C[C@](O)(C[C@@H]1O)O2. The fourth-order valence-electron chi connectivity index (χ4n) is 8.48. The minimum Gasteiger partial charge on any atom is -0.465 e. The van der Waals surface area contributed by atoms with Crippen LogP contribution in [0.25, 0.3) is 0 Å². The fourth-order valence-corrected chi connectivity index (χ4v) is 8.48. The van der Waals surface area contributed by atoms with E-state index >= 15 is 0 Å². The molecule has 13 N–H and O–H groups in total. The molecule has 0 aliphatic carbocycles. The first-order valence-electron chi connectivity index (χ1n) is 24.5. The van der Waals surface area contributed by atoms with Crippen LogP contribution in [0.15, 0.2) is 85.1 Å². The maximum atomic E-state index is 13.7. The molecule has 71 heavy (non-hydrogen) atoms. The van der Waals surface area contributed by atoms with Crippen LogP contribution >= 0.6 is 0 Å². The first-order chi connectivity index (χ1) is 33.5. The summed E-state index contributed by atoms with van der Waals surface area (Å²) in [4.78, 5) is 38.6. The summed E-state index contributed by atoms with van der Waals surface area (Å²) < 4.78 is 28.5. The van der Waals surface area contributed by atoms with E-state index in [2.05, 4.69) is 5.32 Å². The Hall–Kier alpha value is -3.97. The quantitative estimate of drug-likeness (QED) is 0.159. The van der Waals surface area contributed by atoms with E-state index in [1.165, 1.54) is 13.0 Å². The van der Waals surface area contributed by atoms with Gasteiger partial charge >= 0.3 is 11.9 Å². The maximum Gasteiger partial charge on any atom is 0.325 e. The second-order valence-corrected chi connectivity index (χ2v) is 18.8. The number of fused-ring (bicyclic) bond motifs is 2. The molecular formula is C51H80N2O18. The molecule has 2 saturated heterocycles. The largest absolute Gasteiger partial charge is 0.465 e. The number of aliphatic hydroxyl groups is 10. The predicted octanol–water partition coefficient (Wildman–Crippen LogP) is 0.306. The van der Waals surface area contributed by atoms with Gasteiger partial charge in [0.05, 0.1) is 92.1 Å². The molecule has 3 heterocycles. The van der Waals surface area contributed by atoms with Gasteiger partial charge in [0.25, 0.3) is 0 Å². The van der Waals surface area contributed by atoms with Crippen LogP contribution in [0.4, 0.5) is 0 Å². The highest BCUT2D eigenvalue weighted by atomic mass is 16.7. The van der Waals surface area contributed by atoms with Crippen molar-refractivity contribution < 1.29 is 89.1 Å². The summed E-state index contributed by atoms with van der Waals surface area (Å²) in [5.41, 5.74) is 6.08. The van der Waals surface area contributed by atoms with Gasteiger partial charge in [-0.2, -0.15) is 0 Å². The number of aliphatic hydroxyl groups excluding tert-OH is 9. The molecule has 0 aromatic heterocycles. The molecule has 2 bridgehead atoms. The number of nitrogens with two attached hydrogens (primary N) is 1. The number of cyclic esters (lactones) is 1. The molecule has 3 aliphatic heterocycles. The highest BCUT2D eigenvalue weighted by molar-refractivity contribution is 5.84. The fraction of sp³-hybridized carbons (Fsp3) is 0.667. The highest BCUT2D eigenvalue weighted by Crippen LogP contribution is 2.38. The first kappa shape index (κ1) is 61.3. The van der Waals surface area contributed by atoms with E-state index in [1.807, 2.05) is 19.1 Å². The maximum absolute atomic E-state index is 13.7. The predicted molar refractivity (Wildman–Crippen MR) is 259 cm³/mol. The number of nitrogens with one attached hydrogen (secondary N) is 1. The lowest BCUT2D eigenvalue weighted by molar-refractivity contribution is -0.307. The third-order valence-corrected chi connectivity index (χ3v) is 12.8. The van der Waals surface area contributed by atoms with Gasteiger partial charge < -0.3 is 85.8 Å². The molecule has 0 radical (unpaired) electrons. The lowest BCUT2D eigenvalue weighted by Gasteiger charge is -2.46. The topological polar surface area (TPSA) is 338 Å². The first-order valence-corrected chi connectivity index (χ1v) is 24.5. The van der Waals surface area contributed by atoms with Gasteiger partial charge in [-0.25, -0.2) is 0 Å². The molecular weight excluding hydrogens is 929 g/mol. The van der Waals surface area contributed by atoms with E-state index in [-0.39, 0.29) is 38.2 Å². The Morgan fingerprint density at radius 3 is 1.90 bits per heavy atom. The summed E-state index contributed by atoms with van der Waals surface area (Å²) in [5, 5.41) is 112. The van der Waals surface area contributed by atoms with Gasteiger partial charge in [0.1, 0.15) is 18.8 Å². The van der Waals surface area contributed by atoms with Crippen molar-refractivity contribution in [3.05, 3.63) is 85.1 Å². The molecule has 19 atom stereocenters. The molecule has 3 aliphatic rings. The Kier molecular flexibility index (Phi) is 26.7. The average molecular weight is 1010 g/mol. The van der Waals surface area contributed by atoms with Crippen LogP contribution in [0.2, 0.25) is 0 Å². The van der Waals surface area contributed by atoms with Gasteiger partial charge in [0.15, 0.2) is 12.1 Å². The Morgan fingerprint density at radius 2 is 1.30 bits per heavy atom. The number of hydrogen-bond acceptors (Lipinski definition) is 19. The second-order valence-electron chi connectivity index (χ2n) is 18.8. The molecule has 0 spiro atoms. The number of ether oxygens (including phenoxy) is 5. The summed E-state index contributed by atoms with van der Waals surface area (Å²) in [6.45, 7) is 7.81. The summed E-state index contributed by atoms with van der Waals surface area (Å²) in [5.74, 6) is -6.89. The van der Waals surface area contributed by atoms with E-state index in [0.29, 0.717) is 0 Å². The molecule has 1 amide bonds. The monoisotopic (exact) mass is 1010 g/mol. The molecule has 20 nitrogen and oxygen atoms in total. The standard InChI is InChI=1S/C51H80N2O18/c1-6-67-43(61)29-53-49(65)44-40(59)28-51(66)27-36(56)24-39(58)38(57)22-21-34(54)23-35(55)25-42(60)68-32(4)31(3)46(62)30(2)19-17-15-13-11-9-7-8-10-12-14-16-18-20-37(26-41(44)71-51)70-50-48(64)45(52)47(63)33(5)69-50/h7-20,30-41,44-48,50,54-59,62-64,66H,6,21-29,52H2,1-5H3,(H,53,65)/b8-7+,11-9+,12-10+,15-13+,16-14+,19-17+,20-18+/t30-,31-,32-,33+,34+,35+,36-,37-,38+,39+,40-,41-,44+,45-,46+,47+,48-,50-,51+/m0/s1. The highest BCUT2D eigenvalue weighted by Gasteiger charge is 2.51. The number of esters is 2. The zero-order valence-electron chi connectivity index (χ0n) is 41.4. The Morgan fingerprint density at radius 1 is 0.704 bits per heavy atom. The summed E-state index contributed by atoms with van der Waals surface area (Å²) in [6.07, 6.45) is 3.35. The summed E-state index contributed by atoms with van der Waals surface area (Å²) >= 11 is 0. The van der Waals surface area contributed by atoms with Crippen molar-refractivity contribution in [2.45, 2.75) is 183 Å². The minimum absolute atomic E-state index is 0.0413. The molecule has 2 fully saturated rings. The van der Waals surface area contributed by atoms with Crippen LogP contribution in [-0.2, 0) is 38.1 Å². The third kappa shape index (κ3) is 21.2. The van der Waals surface area contributed by atoms with Crippen molar-refractivity contribution in [3.63, 3.8) is 0 Å². The smallest absolute Gasteiger partial charge is 0.325 e. The number of amides is 1. The van der Waals surface area contributed by atoms with E-state index in [0.717, 1.165) is 0 Å². The van der Waals surface area contributed by atoms with Crippen molar-refractivity contribution in [2.24, 2.45) is 23.5 Å². The van der Waals surface area contributed by atoms with E-state index in [9.17, 15) is 65.4 Å². The van der Waals surface area contributed by atoms with E-state index in [1.54, 1.807) is 87.6 Å². The van der Waals surface area contributed by atoms with Crippen molar-refractivity contribution in [1.82, 2.24) is 5.32 Å². The number of allylic oxidation sites excluding steroid dienone is 12. The summed E-state index contributed by atoms with van der Waals surface area (Å²) in [6, 6.07) is -1.17. The van der Waals surface area contributed by atoms with Gasteiger partial charge in [-0.05, 0) is 40.0 Å². The van der Waals surface area contributed by atoms with Crippen LogP contribution in [0.5, 0.6) is 0 Å². The third-order valence-electron chi connectivity index (χ3n) is 12.8. The normalized spacial score (nSPS) is 42.5. The van der Waals surface area contributed by atoms with Crippen LogP contribution in [-0.4, -0.2) is 180 Å². The van der Waals surface area contributed by atoms with Crippen LogP contribution in [0.3, 0.4) is 0 Å². The molecule has 3 rings (SSSR count). The zero-order valence-corrected chi connectivity index (χ0v) is 41.4. The van der Waals surface area contributed by atoms with Crippen molar-refractivity contribution in [1.29, 1.82) is 0 Å². The van der Waals surface area contributed by atoms with E-state index < -0.39 is 159 Å². The Labute approximate surface area is 416 Å². The Balaban J connectivity index is 1.94. The number of carbonyl (C=O) groups is 3. The number of carbonyl (C=O) groups excluding carboxylic acids is 3. The molecule has 20 heteroatoms. The minimum atomic E-state index is -2.35. The van der Waals surface area contributed by atoms with Crippen LogP contribution in [0, 0.1) is 17.8 Å². The van der Waals surface area contributed by atoms with Gasteiger partial charge in [0, 0.05) is 37.5 Å². The molecule has 0 saturated carbocycles. The molecule has 0 aromatic rings.